The first kappa shape index (κ1) is 20.0. The molecule has 1 amide bonds. The van der Waals surface area contributed by atoms with Crippen LogP contribution in [0.15, 0.2) is 77.5 Å². The molecule has 5 nitrogen and oxygen atoms in total. The van der Waals surface area contributed by atoms with E-state index >= 15 is 0 Å². The Kier molecular flexibility index (Phi) is 6.32. The molecule has 0 aliphatic heterocycles. The van der Waals surface area contributed by atoms with Crippen molar-refractivity contribution in [3.8, 4) is 21.0 Å². The van der Waals surface area contributed by atoms with Gasteiger partial charge in [-0.1, -0.05) is 48.5 Å². The number of aromatic nitrogens is 1. The summed E-state index contributed by atoms with van der Waals surface area (Å²) in [5.41, 5.74) is 3.46. The summed E-state index contributed by atoms with van der Waals surface area (Å²) >= 11 is 3.09. The largest absolute Gasteiger partial charge is 0.455 e. The fourth-order valence-electron chi connectivity index (χ4n) is 2.82. The van der Waals surface area contributed by atoms with E-state index in [9.17, 15) is 9.59 Å². The maximum absolute atomic E-state index is 12.1. The van der Waals surface area contributed by atoms with E-state index in [0.29, 0.717) is 11.4 Å². The highest BCUT2D eigenvalue weighted by molar-refractivity contribution is 7.20. The van der Waals surface area contributed by atoms with E-state index in [-0.39, 0.29) is 18.9 Å². The molecule has 0 aliphatic carbocycles. The number of carbonyl (C=O) groups is 2. The fourth-order valence-corrected chi connectivity index (χ4v) is 4.45. The number of amides is 1. The first-order valence-corrected chi connectivity index (χ1v) is 11.0. The maximum atomic E-state index is 12.1. The first-order chi connectivity index (χ1) is 14.7. The molecule has 0 bridgehead atoms. The summed E-state index contributed by atoms with van der Waals surface area (Å²) in [7, 11) is 0. The first-order valence-electron chi connectivity index (χ1n) is 9.26. The van der Waals surface area contributed by atoms with E-state index in [4.69, 9.17) is 4.74 Å². The van der Waals surface area contributed by atoms with Crippen LogP contribution in [0.4, 0.5) is 5.69 Å². The normalized spacial score (nSPS) is 10.5. The summed E-state index contributed by atoms with van der Waals surface area (Å²) in [6, 6.07) is 21.4. The molecule has 0 fully saturated rings. The van der Waals surface area contributed by atoms with Crippen LogP contribution in [0.5, 0.6) is 0 Å². The molecule has 0 radical (unpaired) electrons. The van der Waals surface area contributed by atoms with E-state index in [0.717, 1.165) is 21.0 Å². The third-order valence-electron chi connectivity index (χ3n) is 4.25. The van der Waals surface area contributed by atoms with Crippen LogP contribution in [-0.4, -0.2) is 23.5 Å². The van der Waals surface area contributed by atoms with Crippen LogP contribution in [-0.2, 0) is 20.7 Å². The van der Waals surface area contributed by atoms with Gasteiger partial charge in [0.1, 0.15) is 5.01 Å². The van der Waals surface area contributed by atoms with Crippen LogP contribution < -0.4 is 5.32 Å². The Morgan fingerprint density at radius 3 is 2.40 bits per heavy atom. The third-order valence-corrected chi connectivity index (χ3v) is 6.18. The van der Waals surface area contributed by atoms with E-state index in [1.165, 1.54) is 11.3 Å². The van der Waals surface area contributed by atoms with Gasteiger partial charge in [-0.05, 0) is 34.7 Å². The molecule has 2 aromatic heterocycles. The Morgan fingerprint density at radius 2 is 1.67 bits per heavy atom. The molecule has 30 heavy (non-hydrogen) atoms. The predicted molar refractivity (Wildman–Crippen MR) is 121 cm³/mol. The molecule has 0 spiro atoms. The second-order valence-corrected chi connectivity index (χ2v) is 8.26. The number of rotatable bonds is 7. The van der Waals surface area contributed by atoms with Crippen molar-refractivity contribution in [3.05, 3.63) is 83.2 Å². The summed E-state index contributed by atoms with van der Waals surface area (Å²) < 4.78 is 5.09. The monoisotopic (exact) mass is 434 g/mol. The van der Waals surface area contributed by atoms with E-state index in [1.807, 2.05) is 77.5 Å². The Bertz CT molecular complexity index is 1120. The number of hydrogen-bond donors (Lipinski definition) is 1. The van der Waals surface area contributed by atoms with Crippen molar-refractivity contribution in [1.82, 2.24) is 4.98 Å². The highest BCUT2D eigenvalue weighted by Crippen LogP contribution is 2.28. The number of ether oxygens (including phenoxy) is 1. The highest BCUT2D eigenvalue weighted by atomic mass is 32.1. The van der Waals surface area contributed by atoms with Crippen molar-refractivity contribution >= 4 is 40.2 Å². The van der Waals surface area contributed by atoms with Crippen molar-refractivity contribution in [2.45, 2.75) is 6.42 Å². The number of thiazole rings is 1. The van der Waals surface area contributed by atoms with Gasteiger partial charge in [-0.3, -0.25) is 9.59 Å². The van der Waals surface area contributed by atoms with Crippen molar-refractivity contribution in [2.75, 3.05) is 11.9 Å². The Morgan fingerprint density at radius 1 is 0.900 bits per heavy atom. The molecule has 0 aliphatic rings. The molecule has 0 atom stereocenters. The topological polar surface area (TPSA) is 68.3 Å². The molecule has 4 aromatic rings. The lowest BCUT2D eigenvalue weighted by atomic mass is 10.1. The number of thiophene rings is 1. The predicted octanol–water partition coefficient (Wildman–Crippen LogP) is 5.26. The quantitative estimate of drug-likeness (QED) is 0.403. The minimum absolute atomic E-state index is 0.0426. The van der Waals surface area contributed by atoms with Crippen molar-refractivity contribution in [3.63, 3.8) is 0 Å². The number of nitrogens with one attached hydrogen (secondary N) is 1. The van der Waals surface area contributed by atoms with Crippen molar-refractivity contribution in [1.29, 1.82) is 0 Å². The van der Waals surface area contributed by atoms with Crippen LogP contribution in [0, 0.1) is 0 Å². The summed E-state index contributed by atoms with van der Waals surface area (Å²) in [5, 5.41) is 7.44. The van der Waals surface area contributed by atoms with Gasteiger partial charge in [-0.15, -0.1) is 22.7 Å². The molecular weight excluding hydrogens is 416 g/mol. The van der Waals surface area contributed by atoms with Gasteiger partial charge < -0.3 is 10.1 Å². The second-order valence-electron chi connectivity index (χ2n) is 6.45. The zero-order valence-corrected chi connectivity index (χ0v) is 17.5. The molecule has 0 saturated heterocycles. The van der Waals surface area contributed by atoms with Gasteiger partial charge in [0.15, 0.2) is 6.61 Å². The highest BCUT2D eigenvalue weighted by Gasteiger charge is 2.12. The van der Waals surface area contributed by atoms with Crippen molar-refractivity contribution in [2.24, 2.45) is 0 Å². The number of carbonyl (C=O) groups excluding carboxylic acids is 2. The maximum Gasteiger partial charge on any atom is 0.312 e. The van der Waals surface area contributed by atoms with Gasteiger partial charge in [0.2, 0.25) is 0 Å². The smallest absolute Gasteiger partial charge is 0.312 e. The number of benzene rings is 2. The lowest BCUT2D eigenvalue weighted by Gasteiger charge is -2.07. The van der Waals surface area contributed by atoms with Crippen LogP contribution >= 0.6 is 22.7 Å². The Balaban J connectivity index is 1.25. The van der Waals surface area contributed by atoms with Crippen LogP contribution in [0.25, 0.3) is 21.0 Å². The number of nitrogens with zero attached hydrogens (tertiary/aromatic N) is 1. The number of anilines is 1. The minimum atomic E-state index is -0.479. The standard InChI is InChI=1S/C23H18N2O3S2/c26-21(24-18-10-8-17(9-11-18)16-5-2-1-3-6-16)14-28-22(27)13-19-15-30-23(25-19)20-7-4-12-29-20/h1-12,15H,13-14H2,(H,24,26). The molecule has 0 unspecified atom stereocenters. The van der Waals surface area contributed by atoms with E-state index in [1.54, 1.807) is 11.3 Å². The Labute approximate surface area is 182 Å². The van der Waals surface area contributed by atoms with Gasteiger partial charge in [-0.25, -0.2) is 4.98 Å². The zero-order valence-electron chi connectivity index (χ0n) is 15.9. The fraction of sp³-hybridized carbons (Fsp3) is 0.0870. The second kappa shape index (κ2) is 9.47. The molecule has 2 aromatic carbocycles. The molecule has 2 heterocycles. The summed E-state index contributed by atoms with van der Waals surface area (Å²) in [6.45, 7) is -0.332. The number of esters is 1. The third kappa shape index (κ3) is 5.20. The average molecular weight is 435 g/mol. The van der Waals surface area contributed by atoms with Crippen molar-refractivity contribution < 1.29 is 14.3 Å². The summed E-state index contributed by atoms with van der Waals surface area (Å²) in [6.07, 6.45) is 0.0426. The molecule has 4 rings (SSSR count). The van der Waals surface area contributed by atoms with Crippen LogP contribution in [0.3, 0.4) is 0 Å². The molecule has 0 saturated carbocycles. The van der Waals surface area contributed by atoms with Gasteiger partial charge in [0.25, 0.3) is 5.91 Å². The summed E-state index contributed by atoms with van der Waals surface area (Å²) in [4.78, 5) is 29.6. The molecular formula is C23H18N2O3S2. The lowest BCUT2D eigenvalue weighted by Crippen LogP contribution is -2.21. The summed E-state index contributed by atoms with van der Waals surface area (Å²) in [5.74, 6) is -0.860. The lowest BCUT2D eigenvalue weighted by molar-refractivity contribution is -0.146. The molecule has 150 valence electrons. The Hall–Kier alpha value is -3.29. The van der Waals surface area contributed by atoms with E-state index < -0.39 is 5.97 Å². The molecule has 7 heteroatoms. The SMILES string of the molecule is O=C(COC(=O)Cc1csc(-c2cccs2)n1)Nc1ccc(-c2ccccc2)cc1. The van der Waals surface area contributed by atoms with E-state index in [2.05, 4.69) is 10.3 Å². The average Bonchev–Trinajstić information content (AvgIpc) is 3.45. The van der Waals surface area contributed by atoms with Gasteiger partial charge >= 0.3 is 5.97 Å². The van der Waals surface area contributed by atoms with Gasteiger partial charge in [-0.2, -0.15) is 0 Å². The van der Waals surface area contributed by atoms with Crippen LogP contribution in [0.1, 0.15) is 5.69 Å². The van der Waals surface area contributed by atoms with Crippen LogP contribution in [0.2, 0.25) is 0 Å². The molecule has 1 N–H and O–H groups in total. The zero-order chi connectivity index (χ0) is 20.8. The van der Waals surface area contributed by atoms with Gasteiger partial charge in [0, 0.05) is 11.1 Å². The van der Waals surface area contributed by atoms with Gasteiger partial charge in [0.05, 0.1) is 17.0 Å². The number of hydrogen-bond acceptors (Lipinski definition) is 6. The minimum Gasteiger partial charge on any atom is -0.455 e.